The second-order valence-electron chi connectivity index (χ2n) is 8.20. The zero-order valence-electron chi connectivity index (χ0n) is 16.2. The van der Waals surface area contributed by atoms with Gasteiger partial charge in [0.1, 0.15) is 17.5 Å². The van der Waals surface area contributed by atoms with Crippen LogP contribution in [0.3, 0.4) is 0 Å². The highest BCUT2D eigenvalue weighted by Crippen LogP contribution is 2.39. The largest absolute Gasteiger partial charge is 0.346 e. The molecule has 5 heteroatoms. The Hall–Kier alpha value is -2.69. The van der Waals surface area contributed by atoms with Crippen molar-refractivity contribution < 1.29 is 0 Å². The third kappa shape index (κ3) is 3.41. The Labute approximate surface area is 165 Å². The van der Waals surface area contributed by atoms with Crippen LogP contribution >= 0.6 is 0 Å². The van der Waals surface area contributed by atoms with Gasteiger partial charge in [-0.3, -0.25) is 0 Å². The number of aryl methyl sites for hydroxylation is 1. The lowest BCUT2D eigenvalue weighted by atomic mass is 9.78. The van der Waals surface area contributed by atoms with Gasteiger partial charge in [-0.15, -0.1) is 5.10 Å². The summed E-state index contributed by atoms with van der Waals surface area (Å²) in [5.41, 5.74) is 4.69. The molecule has 144 valence electrons. The van der Waals surface area contributed by atoms with Crippen LogP contribution in [0, 0.1) is 5.92 Å². The summed E-state index contributed by atoms with van der Waals surface area (Å²) in [4.78, 5) is 7.61. The summed E-state index contributed by atoms with van der Waals surface area (Å²) >= 11 is 0. The van der Waals surface area contributed by atoms with Gasteiger partial charge in [-0.05, 0) is 56.1 Å². The maximum Gasteiger partial charge on any atom is 0.141 e. The minimum absolute atomic E-state index is 0.526. The predicted octanol–water partition coefficient (Wildman–Crippen LogP) is 5.29. The Kier molecular flexibility index (Phi) is 4.81. The zero-order chi connectivity index (χ0) is 18.8. The number of aromatic amines is 1. The summed E-state index contributed by atoms with van der Waals surface area (Å²) in [6.07, 6.45) is 14.0. The summed E-state index contributed by atoms with van der Waals surface area (Å²) in [7, 11) is 0. The van der Waals surface area contributed by atoms with Crippen LogP contribution in [0.4, 0.5) is 0 Å². The molecule has 1 N–H and O–H groups in total. The number of H-pyrrole nitrogens is 1. The van der Waals surface area contributed by atoms with E-state index in [-0.39, 0.29) is 0 Å². The van der Waals surface area contributed by atoms with E-state index in [1.54, 1.807) is 6.33 Å². The van der Waals surface area contributed by atoms with Gasteiger partial charge in [-0.25, -0.2) is 9.50 Å². The van der Waals surface area contributed by atoms with Crippen molar-refractivity contribution in [3.05, 3.63) is 60.2 Å². The number of rotatable bonds is 6. The van der Waals surface area contributed by atoms with E-state index >= 15 is 0 Å². The molecule has 1 aromatic carbocycles. The number of unbranched alkanes of at least 4 members (excludes halogenated alkanes) is 1. The topological polar surface area (TPSA) is 58.9 Å². The molecule has 28 heavy (non-hydrogen) atoms. The molecule has 0 unspecified atom stereocenters. The van der Waals surface area contributed by atoms with E-state index in [1.165, 1.54) is 56.9 Å². The molecule has 4 aromatic rings. The highest BCUT2D eigenvalue weighted by atomic mass is 15.4. The second-order valence-corrected chi connectivity index (χ2v) is 8.20. The predicted molar refractivity (Wildman–Crippen MR) is 111 cm³/mol. The molecular formula is C23H27N5. The Bertz CT molecular complexity index is 1040. The lowest BCUT2D eigenvalue weighted by molar-refractivity contribution is 0.301. The van der Waals surface area contributed by atoms with E-state index in [2.05, 4.69) is 56.7 Å². The molecule has 0 saturated heterocycles. The molecule has 0 radical (unpaired) electrons. The molecule has 3 aromatic heterocycles. The van der Waals surface area contributed by atoms with Gasteiger partial charge in [0.05, 0.1) is 5.69 Å². The van der Waals surface area contributed by atoms with E-state index in [0.29, 0.717) is 5.92 Å². The van der Waals surface area contributed by atoms with Crippen molar-refractivity contribution in [1.82, 2.24) is 24.8 Å². The first-order chi connectivity index (χ1) is 13.9. The minimum atomic E-state index is 0.526. The molecule has 0 aliphatic heterocycles. The van der Waals surface area contributed by atoms with Crippen LogP contribution in [-0.4, -0.2) is 24.8 Å². The van der Waals surface area contributed by atoms with Crippen LogP contribution in [0.5, 0.6) is 0 Å². The van der Waals surface area contributed by atoms with Crippen molar-refractivity contribution in [2.45, 2.75) is 57.3 Å². The molecule has 3 heterocycles. The number of benzene rings is 1. The fourth-order valence-corrected chi connectivity index (χ4v) is 4.83. The van der Waals surface area contributed by atoms with Gasteiger partial charge in [-0.1, -0.05) is 48.4 Å². The average molecular weight is 374 g/mol. The maximum absolute atomic E-state index is 4.54. The number of aromatic nitrogens is 5. The van der Waals surface area contributed by atoms with Gasteiger partial charge in [0.2, 0.25) is 0 Å². The van der Waals surface area contributed by atoms with Crippen LogP contribution in [0.15, 0.2) is 48.9 Å². The normalized spacial score (nSPS) is 20.1. The molecule has 1 saturated carbocycles. The first kappa shape index (κ1) is 17.4. The summed E-state index contributed by atoms with van der Waals surface area (Å²) < 4.78 is 1.83. The number of hydrogen-bond donors (Lipinski definition) is 1. The maximum atomic E-state index is 4.54. The van der Waals surface area contributed by atoms with Crippen molar-refractivity contribution >= 4 is 16.6 Å². The van der Waals surface area contributed by atoms with Crippen LogP contribution < -0.4 is 0 Å². The number of hydrogen-bond acceptors (Lipinski definition) is 3. The third-order valence-corrected chi connectivity index (χ3v) is 6.40. The molecule has 0 atom stereocenters. The van der Waals surface area contributed by atoms with Crippen molar-refractivity contribution in [3.8, 4) is 0 Å². The summed E-state index contributed by atoms with van der Waals surface area (Å²) in [6, 6.07) is 12.9. The van der Waals surface area contributed by atoms with E-state index in [4.69, 9.17) is 0 Å². The molecular weight excluding hydrogens is 346 g/mol. The van der Waals surface area contributed by atoms with Gasteiger partial charge >= 0.3 is 0 Å². The van der Waals surface area contributed by atoms with Gasteiger partial charge in [0, 0.05) is 17.5 Å². The lowest BCUT2D eigenvalue weighted by Crippen LogP contribution is -2.14. The van der Waals surface area contributed by atoms with Crippen LogP contribution in [-0.2, 0) is 6.42 Å². The number of nitrogens with zero attached hydrogens (tertiary/aromatic N) is 4. The van der Waals surface area contributed by atoms with E-state index in [1.807, 2.05) is 10.7 Å². The summed E-state index contributed by atoms with van der Waals surface area (Å²) in [5, 5.41) is 9.99. The van der Waals surface area contributed by atoms with Gasteiger partial charge in [0.15, 0.2) is 0 Å². The molecule has 1 fully saturated rings. The highest BCUT2D eigenvalue weighted by molar-refractivity contribution is 5.92. The summed E-state index contributed by atoms with van der Waals surface area (Å²) in [6.45, 7) is 0. The third-order valence-electron chi connectivity index (χ3n) is 6.40. The van der Waals surface area contributed by atoms with Gasteiger partial charge < -0.3 is 4.98 Å². The Morgan fingerprint density at radius 1 is 1.00 bits per heavy atom. The second kappa shape index (κ2) is 7.74. The molecule has 0 bridgehead atoms. The van der Waals surface area contributed by atoms with Crippen molar-refractivity contribution in [2.24, 2.45) is 5.92 Å². The van der Waals surface area contributed by atoms with Crippen molar-refractivity contribution in [3.63, 3.8) is 0 Å². The molecule has 0 spiro atoms. The summed E-state index contributed by atoms with van der Waals surface area (Å²) in [5.74, 6) is 1.40. The van der Waals surface area contributed by atoms with Crippen LogP contribution in [0.1, 0.15) is 62.1 Å². The Morgan fingerprint density at radius 3 is 2.71 bits per heavy atom. The molecule has 5 rings (SSSR count). The Morgan fingerprint density at radius 2 is 1.86 bits per heavy atom. The first-order valence-corrected chi connectivity index (χ1v) is 10.6. The quantitative estimate of drug-likeness (QED) is 0.467. The minimum Gasteiger partial charge on any atom is -0.346 e. The van der Waals surface area contributed by atoms with Crippen LogP contribution in [0.2, 0.25) is 0 Å². The van der Waals surface area contributed by atoms with E-state index < -0.39 is 0 Å². The number of fused-ring (bicyclic) bond motifs is 3. The molecule has 1 aliphatic rings. The molecule has 0 amide bonds. The van der Waals surface area contributed by atoms with Gasteiger partial charge in [0.25, 0.3) is 0 Å². The average Bonchev–Trinajstić information content (AvgIpc) is 3.39. The highest BCUT2D eigenvalue weighted by Gasteiger charge is 2.26. The zero-order valence-corrected chi connectivity index (χ0v) is 16.2. The van der Waals surface area contributed by atoms with Crippen LogP contribution in [0.25, 0.3) is 16.6 Å². The molecule has 5 nitrogen and oxygen atoms in total. The standard InChI is InChI=1S/C23H27N5/c1-2-6-17(7-3-1)8-4-5-9-18-10-12-19(13-11-18)21-22-20-14-15-24-23(20)25-16-28(22)27-26-21/h1-3,6-7,14-16,18-19,24H,4-5,8-13H2. The monoisotopic (exact) mass is 373 g/mol. The Balaban J connectivity index is 1.17. The smallest absolute Gasteiger partial charge is 0.141 e. The van der Waals surface area contributed by atoms with Crippen molar-refractivity contribution in [2.75, 3.05) is 0 Å². The first-order valence-electron chi connectivity index (χ1n) is 10.6. The number of nitrogens with one attached hydrogen (secondary N) is 1. The van der Waals surface area contributed by atoms with E-state index in [0.717, 1.165) is 28.2 Å². The van der Waals surface area contributed by atoms with E-state index in [9.17, 15) is 0 Å². The SMILES string of the molecule is c1ccc(CCCCC2CCC(c3nnn4cnc5[nH]ccc5c34)CC2)cc1. The molecule has 1 aliphatic carbocycles. The fourth-order valence-electron chi connectivity index (χ4n) is 4.83. The lowest BCUT2D eigenvalue weighted by Gasteiger charge is -2.27. The van der Waals surface area contributed by atoms with Gasteiger partial charge in [-0.2, -0.15) is 0 Å². The van der Waals surface area contributed by atoms with Crippen molar-refractivity contribution in [1.29, 1.82) is 0 Å². The fraction of sp³-hybridized carbons (Fsp3) is 0.435.